The van der Waals surface area contributed by atoms with Gasteiger partial charge in [-0.25, -0.2) is 0 Å². The first kappa shape index (κ1) is 37.1. The fraction of sp³-hybridized carbons (Fsp3) is 0.375. The number of hydrogen-bond acceptors (Lipinski definition) is 4. The summed E-state index contributed by atoms with van der Waals surface area (Å²) in [5.41, 5.74) is 4.41. The van der Waals surface area contributed by atoms with Crippen molar-refractivity contribution < 1.29 is 19.1 Å². The lowest BCUT2D eigenvalue weighted by Gasteiger charge is -2.22. The molecule has 4 nitrogen and oxygen atoms in total. The molecule has 0 N–H and O–H groups in total. The predicted molar refractivity (Wildman–Crippen MR) is 218 cm³/mol. The second-order valence-corrected chi connectivity index (χ2v) is 14.8. The van der Waals surface area contributed by atoms with Crippen LogP contribution in [0.4, 0.5) is 0 Å². The summed E-state index contributed by atoms with van der Waals surface area (Å²) in [4.78, 5) is 27.3. The highest BCUT2D eigenvalue weighted by molar-refractivity contribution is 6.27. The monoisotopic (exact) mass is 694 g/mol. The van der Waals surface area contributed by atoms with E-state index in [9.17, 15) is 9.59 Å². The number of rotatable bonds is 15. The summed E-state index contributed by atoms with van der Waals surface area (Å²) in [5.74, 6) is 1.50. The summed E-state index contributed by atoms with van der Waals surface area (Å²) in [6.07, 6.45) is 9.26. The third kappa shape index (κ3) is 7.72. The molecule has 0 heterocycles. The molecule has 0 aliphatic carbocycles. The minimum absolute atomic E-state index is 0.180. The molecule has 6 aromatic rings. The van der Waals surface area contributed by atoms with Crippen molar-refractivity contribution in [1.82, 2.24) is 0 Å². The lowest BCUT2D eigenvalue weighted by Crippen LogP contribution is -2.14. The predicted octanol–water partition coefficient (Wildman–Crippen LogP) is 13.6. The number of esters is 2. The van der Waals surface area contributed by atoms with E-state index in [4.69, 9.17) is 9.47 Å². The molecule has 2 unspecified atom stereocenters. The van der Waals surface area contributed by atoms with Crippen LogP contribution in [0, 0.1) is 25.7 Å². The van der Waals surface area contributed by atoms with Crippen molar-refractivity contribution in [2.24, 2.45) is 11.8 Å². The summed E-state index contributed by atoms with van der Waals surface area (Å²) in [5, 5.41) is 7.71. The molecule has 0 aliphatic heterocycles. The second-order valence-electron chi connectivity index (χ2n) is 14.8. The van der Waals surface area contributed by atoms with Crippen molar-refractivity contribution >= 4 is 55.0 Å². The number of carbonyl (C=O) groups excluding carboxylic acids is 2. The van der Waals surface area contributed by atoms with E-state index >= 15 is 0 Å². The van der Waals surface area contributed by atoms with Gasteiger partial charge in [-0.1, -0.05) is 162 Å². The van der Waals surface area contributed by atoms with Gasteiger partial charge in [-0.3, -0.25) is 9.59 Å². The Morgan fingerprint density at radius 1 is 0.500 bits per heavy atom. The molecule has 0 saturated heterocycles. The Bertz CT molecular complexity index is 2070. The minimum Gasteiger partial charge on any atom is -0.425 e. The van der Waals surface area contributed by atoms with Gasteiger partial charge in [0.25, 0.3) is 0 Å². The Hall–Kier alpha value is -4.70. The molecule has 0 aliphatic rings. The highest BCUT2D eigenvalue weighted by atomic mass is 16.5. The summed E-state index contributed by atoms with van der Waals surface area (Å²) < 4.78 is 12.8. The number of ether oxygens (including phenoxy) is 2. The molecule has 0 saturated carbocycles. The van der Waals surface area contributed by atoms with Crippen molar-refractivity contribution in [2.45, 2.75) is 106 Å². The molecule has 52 heavy (non-hydrogen) atoms. The number of carbonyl (C=O) groups is 2. The molecular formula is C48H54O4. The first-order chi connectivity index (χ1) is 25.3. The average molecular weight is 695 g/mol. The normalized spacial score (nSPS) is 12.8. The number of unbranched alkanes of at least 4 members (excludes halogenated alkanes) is 2. The lowest BCUT2D eigenvalue weighted by atomic mass is 9.84. The van der Waals surface area contributed by atoms with Crippen molar-refractivity contribution in [3.63, 3.8) is 0 Å². The van der Waals surface area contributed by atoms with E-state index in [2.05, 4.69) is 114 Å². The Labute approximate surface area is 309 Å². The smallest absolute Gasteiger partial charge is 0.311 e. The Morgan fingerprint density at radius 3 is 1.23 bits per heavy atom. The zero-order chi connectivity index (χ0) is 36.8. The molecule has 0 aromatic heterocycles. The van der Waals surface area contributed by atoms with Gasteiger partial charge >= 0.3 is 11.9 Å². The molecule has 0 amide bonds. The molecule has 6 rings (SSSR count). The molecule has 0 radical (unpaired) electrons. The fourth-order valence-corrected chi connectivity index (χ4v) is 7.93. The molecule has 0 fully saturated rings. The van der Waals surface area contributed by atoms with Crippen LogP contribution in [-0.2, 0) is 9.59 Å². The van der Waals surface area contributed by atoms with Crippen molar-refractivity contribution in [3.8, 4) is 22.6 Å². The maximum absolute atomic E-state index is 13.6. The topological polar surface area (TPSA) is 52.6 Å². The molecule has 4 heteroatoms. The highest BCUT2D eigenvalue weighted by Gasteiger charge is 2.25. The standard InChI is InChI=1S/C48H54O4/c1-7-11-17-33(9-3)29-43(49)51-47-37-21-15-13-19-35(37)45(41-27-31(5)23-25-39(41)47)46-36-20-14-16-22-38(36)48(40-26-24-32(6)28-42(40)46)52-44(50)30-34(10-4)18-12-8-2/h13-16,19-28,33-34H,7-12,17-18,29-30H2,1-6H3. The van der Waals surface area contributed by atoms with Gasteiger partial charge in [-0.15, -0.1) is 0 Å². The van der Waals surface area contributed by atoms with Crippen LogP contribution < -0.4 is 9.47 Å². The first-order valence-electron chi connectivity index (χ1n) is 19.6. The van der Waals surface area contributed by atoms with Crippen LogP contribution in [0.15, 0.2) is 84.9 Å². The van der Waals surface area contributed by atoms with Crippen LogP contribution in [0.1, 0.15) is 103 Å². The van der Waals surface area contributed by atoms with Gasteiger partial charge in [0.2, 0.25) is 0 Å². The molecular weight excluding hydrogens is 641 g/mol. The zero-order valence-corrected chi connectivity index (χ0v) is 31.9. The van der Waals surface area contributed by atoms with E-state index in [-0.39, 0.29) is 11.9 Å². The van der Waals surface area contributed by atoms with E-state index < -0.39 is 0 Å². The van der Waals surface area contributed by atoms with Crippen molar-refractivity contribution in [3.05, 3.63) is 96.1 Å². The third-order valence-corrected chi connectivity index (χ3v) is 10.9. The second kappa shape index (κ2) is 16.8. The number of hydrogen-bond donors (Lipinski definition) is 0. The third-order valence-electron chi connectivity index (χ3n) is 10.9. The largest absolute Gasteiger partial charge is 0.425 e. The number of benzene rings is 6. The fourth-order valence-electron chi connectivity index (χ4n) is 7.93. The maximum Gasteiger partial charge on any atom is 0.311 e. The van der Waals surface area contributed by atoms with Gasteiger partial charge in [0.1, 0.15) is 11.5 Å². The van der Waals surface area contributed by atoms with Crippen LogP contribution in [0.25, 0.3) is 54.2 Å². The van der Waals surface area contributed by atoms with Crippen LogP contribution in [0.5, 0.6) is 11.5 Å². The molecule has 0 bridgehead atoms. The van der Waals surface area contributed by atoms with E-state index in [0.29, 0.717) is 36.2 Å². The van der Waals surface area contributed by atoms with Gasteiger partial charge in [-0.05, 0) is 71.2 Å². The van der Waals surface area contributed by atoms with Crippen molar-refractivity contribution in [2.75, 3.05) is 0 Å². The summed E-state index contributed by atoms with van der Waals surface area (Å²) in [6.45, 7) is 12.9. The minimum atomic E-state index is -0.180. The van der Waals surface area contributed by atoms with Crippen molar-refractivity contribution in [1.29, 1.82) is 0 Å². The van der Waals surface area contributed by atoms with Crippen LogP contribution >= 0.6 is 0 Å². The highest BCUT2D eigenvalue weighted by Crippen LogP contribution is 2.50. The Morgan fingerprint density at radius 2 is 0.865 bits per heavy atom. The van der Waals surface area contributed by atoms with Gasteiger partial charge in [-0.2, -0.15) is 0 Å². The lowest BCUT2D eigenvalue weighted by molar-refractivity contribution is -0.136. The van der Waals surface area contributed by atoms with E-state index in [1.54, 1.807) is 0 Å². The van der Waals surface area contributed by atoms with Gasteiger partial charge in [0.15, 0.2) is 0 Å². The molecule has 270 valence electrons. The number of fused-ring (bicyclic) bond motifs is 4. The first-order valence-corrected chi connectivity index (χ1v) is 19.6. The SMILES string of the molecule is CCCCC(CC)CC(=O)Oc1c2ccccc2c(-c2c3ccccc3c(OC(=O)CC(CC)CCCC)c3ccc(C)cc23)c2cc(C)ccc12. The van der Waals surface area contributed by atoms with Crippen LogP contribution in [-0.4, -0.2) is 11.9 Å². The summed E-state index contributed by atoms with van der Waals surface area (Å²) in [6, 6.07) is 29.4. The van der Waals surface area contributed by atoms with E-state index in [1.165, 1.54) is 0 Å². The summed E-state index contributed by atoms with van der Waals surface area (Å²) in [7, 11) is 0. The maximum atomic E-state index is 13.6. The quantitative estimate of drug-likeness (QED) is 0.0610. The van der Waals surface area contributed by atoms with E-state index in [1.807, 2.05) is 12.1 Å². The Kier molecular flexibility index (Phi) is 11.9. The van der Waals surface area contributed by atoms with Crippen LogP contribution in [0.3, 0.4) is 0 Å². The zero-order valence-electron chi connectivity index (χ0n) is 31.9. The summed E-state index contributed by atoms with van der Waals surface area (Å²) >= 11 is 0. The Balaban J connectivity index is 1.59. The molecule has 6 aromatic carbocycles. The number of aryl methyl sites for hydroxylation is 2. The van der Waals surface area contributed by atoms with Gasteiger partial charge in [0.05, 0.1) is 0 Å². The van der Waals surface area contributed by atoms with Crippen LogP contribution in [0.2, 0.25) is 0 Å². The van der Waals surface area contributed by atoms with E-state index in [0.717, 1.165) is 117 Å². The van der Waals surface area contributed by atoms with Gasteiger partial charge < -0.3 is 9.47 Å². The molecule has 2 atom stereocenters. The van der Waals surface area contributed by atoms with Gasteiger partial charge in [0, 0.05) is 34.4 Å². The molecule has 0 spiro atoms. The average Bonchev–Trinajstić information content (AvgIpc) is 3.15.